The summed E-state index contributed by atoms with van der Waals surface area (Å²) >= 11 is 6.20. The lowest BCUT2D eigenvalue weighted by molar-refractivity contribution is 0.415. The minimum absolute atomic E-state index is 0.213. The van der Waals surface area contributed by atoms with Crippen molar-refractivity contribution in [2.24, 2.45) is 0 Å². The lowest BCUT2D eigenvalue weighted by Crippen LogP contribution is -2.19. The van der Waals surface area contributed by atoms with E-state index in [0.29, 0.717) is 22.1 Å². The zero-order chi connectivity index (χ0) is 19.1. The highest BCUT2D eigenvalue weighted by molar-refractivity contribution is 6.32. The van der Waals surface area contributed by atoms with Crippen LogP contribution >= 0.6 is 11.6 Å². The zero-order valence-electron chi connectivity index (χ0n) is 15.2. The Morgan fingerprint density at radius 3 is 2.59 bits per heavy atom. The summed E-state index contributed by atoms with van der Waals surface area (Å²) in [5.41, 5.74) is 4.91. The van der Waals surface area contributed by atoms with Gasteiger partial charge in [-0.3, -0.25) is 9.36 Å². The highest BCUT2D eigenvalue weighted by Gasteiger charge is 2.12. The van der Waals surface area contributed by atoms with Gasteiger partial charge < -0.3 is 9.14 Å². The van der Waals surface area contributed by atoms with Crippen LogP contribution < -0.4 is 10.3 Å². The van der Waals surface area contributed by atoms with Crippen LogP contribution in [0, 0.1) is 13.8 Å². The number of benzene rings is 2. The molecule has 0 saturated heterocycles. The first-order valence-electron chi connectivity index (χ1n) is 8.50. The van der Waals surface area contributed by atoms with E-state index in [1.165, 1.54) is 10.1 Å². The molecule has 0 bridgehead atoms. The van der Waals surface area contributed by atoms with Crippen molar-refractivity contribution in [3.63, 3.8) is 0 Å². The summed E-state index contributed by atoms with van der Waals surface area (Å²) in [5, 5.41) is 0.445. The molecule has 2 heterocycles. The number of aryl methyl sites for hydroxylation is 2. The molecule has 2 aromatic heterocycles. The molecule has 4 rings (SSSR count). The minimum atomic E-state index is -0.213. The minimum Gasteiger partial charge on any atom is -0.495 e. The summed E-state index contributed by atoms with van der Waals surface area (Å²) in [6, 6.07) is 11.4. The topological polar surface area (TPSA) is 48.5 Å². The van der Waals surface area contributed by atoms with Gasteiger partial charge in [0.25, 0.3) is 5.56 Å². The van der Waals surface area contributed by atoms with Crippen molar-refractivity contribution in [3.8, 4) is 22.7 Å². The van der Waals surface area contributed by atoms with Gasteiger partial charge in [-0.2, -0.15) is 0 Å². The third kappa shape index (κ3) is 3.00. The predicted octanol–water partition coefficient (Wildman–Crippen LogP) is 4.43. The van der Waals surface area contributed by atoms with Crippen LogP contribution in [0.3, 0.4) is 0 Å². The molecule has 136 valence electrons. The van der Waals surface area contributed by atoms with E-state index in [-0.39, 0.29) is 5.56 Å². The molecule has 0 spiro atoms. The van der Waals surface area contributed by atoms with Gasteiger partial charge >= 0.3 is 0 Å². The number of hydrogen-bond donors (Lipinski definition) is 0. The lowest BCUT2D eigenvalue weighted by Gasteiger charge is -2.08. The summed E-state index contributed by atoms with van der Waals surface area (Å²) in [6.07, 6.45) is 5.40. The number of rotatable bonds is 3. The van der Waals surface area contributed by atoms with Crippen molar-refractivity contribution in [1.82, 2.24) is 14.0 Å². The molecular weight excluding hydrogens is 362 g/mol. The SMILES string of the molecule is COc1ccc(-n2ccn3cc(-c4ccc(C)cc4C)nc3c2=O)cc1Cl. The van der Waals surface area contributed by atoms with Crippen LogP contribution in [0.2, 0.25) is 5.02 Å². The number of ether oxygens (including phenoxy) is 1. The van der Waals surface area contributed by atoms with Crippen molar-refractivity contribution < 1.29 is 4.74 Å². The Kier molecular flexibility index (Phi) is 4.24. The Balaban J connectivity index is 1.85. The van der Waals surface area contributed by atoms with Gasteiger partial charge in [0, 0.05) is 24.2 Å². The average Bonchev–Trinajstić information content (AvgIpc) is 3.07. The number of aromatic nitrogens is 3. The van der Waals surface area contributed by atoms with Crippen LogP contribution in [0.4, 0.5) is 0 Å². The zero-order valence-corrected chi connectivity index (χ0v) is 16.0. The molecule has 0 radical (unpaired) electrons. The fraction of sp³-hybridized carbons (Fsp3) is 0.143. The Hall–Kier alpha value is -3.05. The van der Waals surface area contributed by atoms with Gasteiger partial charge in [-0.25, -0.2) is 4.98 Å². The number of imidazole rings is 1. The number of halogens is 1. The molecule has 0 unspecified atom stereocenters. The predicted molar refractivity (Wildman–Crippen MR) is 107 cm³/mol. The molecule has 5 nitrogen and oxygen atoms in total. The van der Waals surface area contributed by atoms with Gasteiger partial charge in [-0.05, 0) is 37.6 Å². The van der Waals surface area contributed by atoms with E-state index in [2.05, 4.69) is 18.0 Å². The second-order valence-electron chi connectivity index (χ2n) is 6.47. The lowest BCUT2D eigenvalue weighted by atomic mass is 10.0. The standard InChI is InChI=1S/C21H18ClN3O2/c1-13-4-6-16(14(2)10-13)18-12-24-8-9-25(21(26)20(24)23-18)15-5-7-19(27-3)17(22)11-15/h4-12H,1-3H3. The number of nitrogens with zero attached hydrogens (tertiary/aromatic N) is 3. The van der Waals surface area contributed by atoms with E-state index in [0.717, 1.165) is 16.8 Å². The highest BCUT2D eigenvalue weighted by atomic mass is 35.5. The Morgan fingerprint density at radius 2 is 1.89 bits per heavy atom. The van der Waals surface area contributed by atoms with Crippen molar-refractivity contribution in [1.29, 1.82) is 0 Å². The van der Waals surface area contributed by atoms with Crippen molar-refractivity contribution in [2.75, 3.05) is 7.11 Å². The number of fused-ring (bicyclic) bond motifs is 1. The summed E-state index contributed by atoms with van der Waals surface area (Å²) in [7, 11) is 1.55. The Morgan fingerprint density at radius 1 is 1.07 bits per heavy atom. The van der Waals surface area contributed by atoms with Crippen LogP contribution in [0.1, 0.15) is 11.1 Å². The molecule has 27 heavy (non-hydrogen) atoms. The monoisotopic (exact) mass is 379 g/mol. The van der Waals surface area contributed by atoms with E-state index >= 15 is 0 Å². The van der Waals surface area contributed by atoms with E-state index in [4.69, 9.17) is 16.3 Å². The maximum Gasteiger partial charge on any atom is 0.298 e. The molecule has 0 atom stereocenters. The van der Waals surface area contributed by atoms with Crippen LogP contribution in [-0.4, -0.2) is 21.1 Å². The fourth-order valence-electron chi connectivity index (χ4n) is 3.22. The third-order valence-corrected chi connectivity index (χ3v) is 4.89. The molecule has 0 N–H and O–H groups in total. The smallest absolute Gasteiger partial charge is 0.298 e. The second-order valence-corrected chi connectivity index (χ2v) is 6.87. The van der Waals surface area contributed by atoms with E-state index in [1.54, 1.807) is 35.9 Å². The average molecular weight is 380 g/mol. The van der Waals surface area contributed by atoms with E-state index in [1.807, 2.05) is 31.5 Å². The summed E-state index contributed by atoms with van der Waals surface area (Å²) in [5.74, 6) is 0.562. The molecular formula is C21H18ClN3O2. The Labute approximate surface area is 161 Å². The largest absolute Gasteiger partial charge is 0.495 e. The Bertz CT molecular complexity index is 1220. The van der Waals surface area contributed by atoms with Gasteiger partial charge in [0.15, 0.2) is 0 Å². The third-order valence-electron chi connectivity index (χ3n) is 4.59. The van der Waals surface area contributed by atoms with Crippen LogP contribution in [0.5, 0.6) is 5.75 Å². The summed E-state index contributed by atoms with van der Waals surface area (Å²) < 4.78 is 8.45. The molecule has 2 aromatic carbocycles. The summed E-state index contributed by atoms with van der Waals surface area (Å²) in [4.78, 5) is 17.6. The fourth-order valence-corrected chi connectivity index (χ4v) is 3.47. The maximum absolute atomic E-state index is 13.0. The van der Waals surface area contributed by atoms with Crippen LogP contribution in [0.15, 0.2) is 59.8 Å². The molecule has 0 saturated carbocycles. The van der Waals surface area contributed by atoms with Crippen molar-refractivity contribution in [2.45, 2.75) is 13.8 Å². The second kappa shape index (κ2) is 6.59. The number of hydrogen-bond acceptors (Lipinski definition) is 3. The van der Waals surface area contributed by atoms with Crippen LogP contribution in [0.25, 0.3) is 22.6 Å². The van der Waals surface area contributed by atoms with Gasteiger partial charge in [0.1, 0.15) is 5.75 Å². The molecule has 0 amide bonds. The van der Waals surface area contributed by atoms with Crippen molar-refractivity contribution >= 4 is 17.2 Å². The van der Waals surface area contributed by atoms with E-state index < -0.39 is 0 Å². The maximum atomic E-state index is 13.0. The van der Waals surface area contributed by atoms with Crippen LogP contribution in [-0.2, 0) is 0 Å². The van der Waals surface area contributed by atoms with Gasteiger partial charge in [0.05, 0.1) is 23.5 Å². The van der Waals surface area contributed by atoms with Gasteiger partial charge in [-0.15, -0.1) is 0 Å². The highest BCUT2D eigenvalue weighted by Crippen LogP contribution is 2.27. The molecule has 6 heteroatoms. The first-order valence-corrected chi connectivity index (χ1v) is 8.87. The quantitative estimate of drug-likeness (QED) is 0.529. The molecule has 0 fully saturated rings. The summed E-state index contributed by atoms with van der Waals surface area (Å²) in [6.45, 7) is 4.10. The number of methoxy groups -OCH3 is 1. The molecule has 4 aromatic rings. The normalized spacial score (nSPS) is 11.1. The first kappa shape index (κ1) is 17.4. The van der Waals surface area contributed by atoms with E-state index in [9.17, 15) is 4.79 Å². The first-order chi connectivity index (χ1) is 13.0. The molecule has 0 aliphatic rings. The van der Waals surface area contributed by atoms with Gasteiger partial charge in [-0.1, -0.05) is 35.4 Å². The van der Waals surface area contributed by atoms with Crippen molar-refractivity contribution in [3.05, 3.63) is 81.5 Å². The van der Waals surface area contributed by atoms with Gasteiger partial charge in [0.2, 0.25) is 5.65 Å². The molecule has 0 aliphatic carbocycles. The molecule has 0 aliphatic heterocycles.